The first-order chi connectivity index (χ1) is 18.7. The van der Waals surface area contributed by atoms with Crippen LogP contribution in [-0.2, 0) is 4.79 Å². The number of hydrogen-bond acceptors (Lipinski definition) is 6. The summed E-state index contributed by atoms with van der Waals surface area (Å²) in [6.45, 7) is 7.79. The lowest BCUT2D eigenvalue weighted by Crippen LogP contribution is -2.23. The molecular formula is C29H28BrClN4O4. The highest BCUT2D eigenvalue weighted by Crippen LogP contribution is 2.36. The molecule has 1 amide bonds. The van der Waals surface area contributed by atoms with Crippen LogP contribution in [0.2, 0.25) is 5.02 Å². The highest BCUT2D eigenvalue weighted by atomic mass is 79.9. The Morgan fingerprint density at radius 1 is 1.15 bits per heavy atom. The van der Waals surface area contributed by atoms with Crippen molar-refractivity contribution in [2.45, 2.75) is 33.6 Å². The third-order valence-corrected chi connectivity index (χ3v) is 6.46. The van der Waals surface area contributed by atoms with Gasteiger partial charge in [-0.25, -0.2) is 4.98 Å². The van der Waals surface area contributed by atoms with Gasteiger partial charge in [0.05, 0.1) is 28.7 Å². The van der Waals surface area contributed by atoms with Crippen LogP contribution < -0.4 is 20.3 Å². The number of amides is 1. The minimum Gasteiger partial charge on any atom is -0.490 e. The van der Waals surface area contributed by atoms with Crippen LogP contribution in [0.5, 0.6) is 11.5 Å². The van der Waals surface area contributed by atoms with Crippen LogP contribution >= 0.6 is 27.5 Å². The molecule has 3 aromatic carbocycles. The summed E-state index contributed by atoms with van der Waals surface area (Å²) in [7, 11) is 0. The van der Waals surface area contributed by atoms with Crippen molar-refractivity contribution in [3.8, 4) is 11.5 Å². The summed E-state index contributed by atoms with van der Waals surface area (Å²) < 4.78 is 13.6. The number of halogens is 2. The number of hydrogen-bond donors (Lipinski definition) is 1. The van der Waals surface area contributed by atoms with Crippen LogP contribution in [0, 0.1) is 6.92 Å². The fourth-order valence-corrected chi connectivity index (χ4v) is 4.45. The van der Waals surface area contributed by atoms with Gasteiger partial charge in [0.15, 0.2) is 18.1 Å². The fraction of sp³-hybridized carbons (Fsp3) is 0.241. The van der Waals surface area contributed by atoms with Crippen molar-refractivity contribution in [1.29, 1.82) is 0 Å². The van der Waals surface area contributed by atoms with Gasteiger partial charge in [-0.1, -0.05) is 59.1 Å². The second-order valence-electron chi connectivity index (χ2n) is 9.11. The Kier molecular flexibility index (Phi) is 9.04. The zero-order chi connectivity index (χ0) is 28.1. The maximum Gasteiger partial charge on any atom is 0.282 e. The van der Waals surface area contributed by atoms with E-state index in [-0.39, 0.29) is 34.8 Å². The standard InChI is InChI=1S/C29H28BrClN4O4/c1-5-38-25-13-19(12-23(31)27(25)39-16-26(36)33-21-9-6-18(4)7-10-21)15-32-35-28(17(2)3)34-24-11-8-20(30)14-22(24)29(35)37/h6-15,17H,5,16H2,1-4H3,(H,33,36). The lowest BCUT2D eigenvalue weighted by molar-refractivity contribution is -0.118. The SMILES string of the molecule is CCOc1cc(C=Nn2c(C(C)C)nc3ccc(Br)cc3c2=O)cc(Cl)c1OCC(=O)Nc1ccc(C)cc1. The van der Waals surface area contributed by atoms with Crippen LogP contribution in [-0.4, -0.2) is 35.0 Å². The van der Waals surface area contributed by atoms with Gasteiger partial charge in [-0.15, -0.1) is 0 Å². The van der Waals surface area contributed by atoms with Crippen LogP contribution in [0.15, 0.2) is 69.0 Å². The third-order valence-electron chi connectivity index (χ3n) is 5.69. The highest BCUT2D eigenvalue weighted by molar-refractivity contribution is 9.10. The predicted molar refractivity (Wildman–Crippen MR) is 159 cm³/mol. The van der Waals surface area contributed by atoms with Crippen LogP contribution in [0.3, 0.4) is 0 Å². The predicted octanol–water partition coefficient (Wildman–Crippen LogP) is 6.54. The van der Waals surface area contributed by atoms with Crippen molar-refractivity contribution in [3.05, 3.63) is 91.4 Å². The third kappa shape index (κ3) is 6.85. The molecule has 0 atom stereocenters. The number of ether oxygens (including phenoxy) is 2. The van der Waals surface area contributed by atoms with Crippen molar-refractivity contribution in [1.82, 2.24) is 9.66 Å². The van der Waals surface area contributed by atoms with E-state index in [0.29, 0.717) is 40.3 Å². The van der Waals surface area contributed by atoms with Gasteiger partial charge in [-0.05, 0) is 61.9 Å². The van der Waals surface area contributed by atoms with E-state index >= 15 is 0 Å². The molecule has 202 valence electrons. The maximum absolute atomic E-state index is 13.3. The molecule has 0 aliphatic heterocycles. The molecule has 0 aliphatic rings. The Labute approximate surface area is 239 Å². The molecule has 4 aromatic rings. The lowest BCUT2D eigenvalue weighted by atomic mass is 10.2. The first kappa shape index (κ1) is 28.3. The molecule has 1 aromatic heterocycles. The molecule has 0 spiro atoms. The number of anilines is 1. The van der Waals surface area contributed by atoms with E-state index in [0.717, 1.165) is 10.0 Å². The van der Waals surface area contributed by atoms with Gasteiger partial charge in [-0.2, -0.15) is 9.78 Å². The largest absolute Gasteiger partial charge is 0.490 e. The molecule has 8 nitrogen and oxygen atoms in total. The quantitative estimate of drug-likeness (QED) is 0.217. The van der Waals surface area contributed by atoms with E-state index in [9.17, 15) is 9.59 Å². The molecule has 0 aliphatic carbocycles. The number of carbonyl (C=O) groups is 1. The lowest BCUT2D eigenvalue weighted by Gasteiger charge is -2.15. The van der Waals surface area contributed by atoms with E-state index in [4.69, 9.17) is 21.1 Å². The molecule has 0 saturated carbocycles. The molecule has 0 bridgehead atoms. The monoisotopic (exact) mass is 610 g/mol. The highest BCUT2D eigenvalue weighted by Gasteiger charge is 2.16. The number of fused-ring (bicyclic) bond motifs is 1. The molecule has 1 N–H and O–H groups in total. The van der Waals surface area contributed by atoms with Crippen LogP contribution in [0.1, 0.15) is 43.6 Å². The molecule has 0 unspecified atom stereocenters. The summed E-state index contributed by atoms with van der Waals surface area (Å²) in [5, 5.41) is 7.93. The number of nitrogens with one attached hydrogen (secondary N) is 1. The Hall–Kier alpha value is -3.69. The van der Waals surface area contributed by atoms with Gasteiger partial charge in [-0.3, -0.25) is 9.59 Å². The summed E-state index contributed by atoms with van der Waals surface area (Å²) in [6, 6.07) is 16.2. The first-order valence-electron chi connectivity index (χ1n) is 12.4. The van der Waals surface area contributed by atoms with Gasteiger partial charge >= 0.3 is 0 Å². The summed E-state index contributed by atoms with van der Waals surface area (Å²) in [4.78, 5) is 30.4. The van der Waals surface area contributed by atoms with Crippen LogP contribution in [0.25, 0.3) is 10.9 Å². The molecule has 0 radical (unpaired) electrons. The fourth-order valence-electron chi connectivity index (χ4n) is 3.81. The van der Waals surface area contributed by atoms with E-state index in [1.165, 1.54) is 10.9 Å². The smallest absolute Gasteiger partial charge is 0.282 e. The second-order valence-corrected chi connectivity index (χ2v) is 10.4. The van der Waals surface area contributed by atoms with Crippen molar-refractivity contribution >= 4 is 56.2 Å². The number of carbonyl (C=O) groups excluding carboxylic acids is 1. The minimum atomic E-state index is -0.334. The van der Waals surface area contributed by atoms with Gasteiger partial charge in [0.2, 0.25) is 0 Å². The molecule has 0 saturated heterocycles. The van der Waals surface area contributed by atoms with Gasteiger partial charge in [0.1, 0.15) is 5.82 Å². The minimum absolute atomic E-state index is 0.0488. The van der Waals surface area contributed by atoms with E-state index < -0.39 is 0 Å². The zero-order valence-electron chi connectivity index (χ0n) is 22.0. The summed E-state index contributed by atoms with van der Waals surface area (Å²) in [5.41, 5.74) is 2.67. The van der Waals surface area contributed by atoms with Crippen molar-refractivity contribution < 1.29 is 14.3 Å². The summed E-state index contributed by atoms with van der Waals surface area (Å²) in [5.74, 6) is 0.742. The van der Waals surface area contributed by atoms with E-state index in [1.807, 2.05) is 58.0 Å². The summed E-state index contributed by atoms with van der Waals surface area (Å²) >= 11 is 9.95. The zero-order valence-corrected chi connectivity index (χ0v) is 24.3. The van der Waals surface area contributed by atoms with Gasteiger partial charge in [0.25, 0.3) is 11.5 Å². The first-order valence-corrected chi connectivity index (χ1v) is 13.6. The topological polar surface area (TPSA) is 94.8 Å². The van der Waals surface area contributed by atoms with E-state index in [2.05, 4.69) is 31.3 Å². The Balaban J connectivity index is 1.60. The van der Waals surface area contributed by atoms with Crippen molar-refractivity contribution in [3.63, 3.8) is 0 Å². The van der Waals surface area contributed by atoms with Crippen molar-refractivity contribution in [2.75, 3.05) is 18.5 Å². The Bertz CT molecular complexity index is 1600. The average Bonchev–Trinajstić information content (AvgIpc) is 2.89. The second kappa shape index (κ2) is 12.4. The number of aryl methyl sites for hydroxylation is 1. The van der Waals surface area contributed by atoms with Gasteiger partial charge in [0, 0.05) is 16.1 Å². The molecule has 39 heavy (non-hydrogen) atoms. The molecule has 10 heteroatoms. The Morgan fingerprint density at radius 3 is 2.59 bits per heavy atom. The molecular weight excluding hydrogens is 584 g/mol. The molecule has 1 heterocycles. The summed E-state index contributed by atoms with van der Waals surface area (Å²) in [6.07, 6.45) is 1.51. The number of rotatable bonds is 9. The number of benzene rings is 3. The molecule has 4 rings (SSSR count). The average molecular weight is 612 g/mol. The number of nitrogens with zero attached hydrogens (tertiary/aromatic N) is 3. The van der Waals surface area contributed by atoms with E-state index in [1.54, 1.807) is 24.3 Å². The molecule has 0 fully saturated rings. The van der Waals surface area contributed by atoms with Gasteiger partial charge < -0.3 is 14.8 Å². The number of aromatic nitrogens is 2. The van der Waals surface area contributed by atoms with Crippen molar-refractivity contribution in [2.24, 2.45) is 5.10 Å². The van der Waals surface area contributed by atoms with Crippen LogP contribution in [0.4, 0.5) is 5.69 Å². The Morgan fingerprint density at radius 2 is 1.90 bits per heavy atom. The normalized spacial score (nSPS) is 11.4. The maximum atomic E-state index is 13.3.